The fraction of sp³-hybridized carbons (Fsp3) is 0.615. The summed E-state index contributed by atoms with van der Waals surface area (Å²) in [5, 5.41) is 3.04. The minimum absolute atomic E-state index is 0.935. The highest BCUT2D eigenvalue weighted by molar-refractivity contribution is 5.34. The number of likely N-dealkylation sites (N-methyl/N-ethyl adjacent to an activating group) is 1. The van der Waals surface area contributed by atoms with Gasteiger partial charge in [-0.15, -0.1) is 0 Å². The van der Waals surface area contributed by atoms with Gasteiger partial charge in [0.15, 0.2) is 0 Å². The van der Waals surface area contributed by atoms with Crippen LogP contribution in [0.4, 0.5) is 5.82 Å². The summed E-state index contributed by atoms with van der Waals surface area (Å²) in [6.07, 6.45) is 3.24. The highest BCUT2D eigenvalue weighted by Gasteiger charge is 2.12. The molecule has 0 unspecified atom stereocenters. The largest absolute Gasteiger partial charge is 0.373 e. The monoisotopic (exact) mass is 234 g/mol. The van der Waals surface area contributed by atoms with E-state index in [1.807, 2.05) is 19.3 Å². The second kappa shape index (κ2) is 5.98. The van der Waals surface area contributed by atoms with Gasteiger partial charge in [0.2, 0.25) is 0 Å². The first-order chi connectivity index (χ1) is 8.28. The maximum atomic E-state index is 4.35. The molecule has 0 radical (unpaired) electrons. The fourth-order valence-corrected chi connectivity index (χ4v) is 2.18. The number of anilines is 1. The topological polar surface area (TPSA) is 31.4 Å². The van der Waals surface area contributed by atoms with Gasteiger partial charge in [-0.25, -0.2) is 4.98 Å². The highest BCUT2D eigenvalue weighted by atomic mass is 15.2. The van der Waals surface area contributed by atoms with E-state index in [0.29, 0.717) is 0 Å². The molecule has 1 aromatic heterocycles. The van der Waals surface area contributed by atoms with Gasteiger partial charge in [0.1, 0.15) is 5.82 Å². The Morgan fingerprint density at radius 2 is 2.12 bits per heavy atom. The number of rotatable bonds is 3. The van der Waals surface area contributed by atoms with Crippen LogP contribution < -0.4 is 5.32 Å². The summed E-state index contributed by atoms with van der Waals surface area (Å²) >= 11 is 0. The summed E-state index contributed by atoms with van der Waals surface area (Å²) in [6.45, 7) is 5.75. The first-order valence-electron chi connectivity index (χ1n) is 6.31. The van der Waals surface area contributed by atoms with Crippen molar-refractivity contribution in [1.82, 2.24) is 14.8 Å². The molecular formula is C13H22N4. The van der Waals surface area contributed by atoms with Gasteiger partial charge in [0.05, 0.1) is 0 Å². The van der Waals surface area contributed by atoms with Gasteiger partial charge in [-0.2, -0.15) is 0 Å². The lowest BCUT2D eigenvalue weighted by Gasteiger charge is -2.19. The molecule has 17 heavy (non-hydrogen) atoms. The van der Waals surface area contributed by atoms with Crippen molar-refractivity contribution in [3.63, 3.8) is 0 Å². The van der Waals surface area contributed by atoms with E-state index < -0.39 is 0 Å². The smallest absolute Gasteiger partial charge is 0.125 e. The van der Waals surface area contributed by atoms with Gasteiger partial charge in [0, 0.05) is 32.9 Å². The maximum absolute atomic E-state index is 4.35. The van der Waals surface area contributed by atoms with E-state index in [9.17, 15) is 0 Å². The van der Waals surface area contributed by atoms with Crippen LogP contribution in [-0.2, 0) is 6.54 Å². The Morgan fingerprint density at radius 3 is 2.82 bits per heavy atom. The van der Waals surface area contributed by atoms with Crippen LogP contribution >= 0.6 is 0 Å². The van der Waals surface area contributed by atoms with Crippen molar-refractivity contribution in [3.8, 4) is 0 Å². The van der Waals surface area contributed by atoms with Gasteiger partial charge in [-0.1, -0.05) is 6.07 Å². The molecule has 1 N–H and O–H groups in total. The lowest BCUT2D eigenvalue weighted by Crippen LogP contribution is -2.28. The van der Waals surface area contributed by atoms with Gasteiger partial charge in [-0.05, 0) is 38.2 Å². The SMILES string of the molecule is CNc1ccc(CN2CCCN(C)CC2)cn1. The quantitative estimate of drug-likeness (QED) is 0.853. The fourth-order valence-electron chi connectivity index (χ4n) is 2.18. The summed E-state index contributed by atoms with van der Waals surface area (Å²) < 4.78 is 0. The Kier molecular flexibility index (Phi) is 4.34. The molecule has 2 heterocycles. The summed E-state index contributed by atoms with van der Waals surface area (Å²) in [4.78, 5) is 9.27. The summed E-state index contributed by atoms with van der Waals surface area (Å²) in [7, 11) is 4.10. The van der Waals surface area contributed by atoms with Crippen LogP contribution in [0.25, 0.3) is 0 Å². The summed E-state index contributed by atoms with van der Waals surface area (Å²) in [5.41, 5.74) is 1.30. The van der Waals surface area contributed by atoms with Crippen LogP contribution in [0.15, 0.2) is 18.3 Å². The van der Waals surface area contributed by atoms with E-state index in [-0.39, 0.29) is 0 Å². The van der Waals surface area contributed by atoms with E-state index in [1.165, 1.54) is 31.6 Å². The van der Waals surface area contributed by atoms with Crippen LogP contribution in [0.5, 0.6) is 0 Å². The molecule has 1 aliphatic rings. The lowest BCUT2D eigenvalue weighted by atomic mass is 10.2. The lowest BCUT2D eigenvalue weighted by molar-refractivity contribution is 0.269. The molecule has 0 atom stereocenters. The Balaban J connectivity index is 1.90. The van der Waals surface area contributed by atoms with Gasteiger partial charge in [0.25, 0.3) is 0 Å². The third-order valence-electron chi connectivity index (χ3n) is 3.30. The van der Waals surface area contributed by atoms with E-state index in [2.05, 4.69) is 33.2 Å². The van der Waals surface area contributed by atoms with Crippen LogP contribution in [0.1, 0.15) is 12.0 Å². The number of nitrogens with one attached hydrogen (secondary N) is 1. The van der Waals surface area contributed by atoms with Crippen molar-refractivity contribution in [3.05, 3.63) is 23.9 Å². The van der Waals surface area contributed by atoms with E-state index in [4.69, 9.17) is 0 Å². The predicted octanol–water partition coefficient (Wildman–Crippen LogP) is 1.26. The maximum Gasteiger partial charge on any atom is 0.125 e. The van der Waals surface area contributed by atoms with Crippen LogP contribution in [0, 0.1) is 0 Å². The van der Waals surface area contributed by atoms with Crippen LogP contribution in [-0.4, -0.2) is 55.1 Å². The molecule has 4 nitrogen and oxygen atoms in total. The van der Waals surface area contributed by atoms with Gasteiger partial charge in [-0.3, -0.25) is 4.90 Å². The van der Waals surface area contributed by atoms with Crippen molar-refractivity contribution in [1.29, 1.82) is 0 Å². The molecule has 1 fully saturated rings. The molecule has 0 bridgehead atoms. The van der Waals surface area contributed by atoms with Crippen molar-refractivity contribution in [2.45, 2.75) is 13.0 Å². The average Bonchev–Trinajstić information content (AvgIpc) is 2.56. The van der Waals surface area contributed by atoms with E-state index >= 15 is 0 Å². The van der Waals surface area contributed by atoms with Crippen molar-refractivity contribution < 1.29 is 0 Å². The Bertz CT molecular complexity index is 336. The third kappa shape index (κ3) is 3.68. The molecule has 4 heteroatoms. The minimum Gasteiger partial charge on any atom is -0.373 e. The van der Waals surface area contributed by atoms with Crippen LogP contribution in [0.2, 0.25) is 0 Å². The molecule has 0 saturated carbocycles. The van der Waals surface area contributed by atoms with Crippen molar-refractivity contribution >= 4 is 5.82 Å². The second-order valence-electron chi connectivity index (χ2n) is 4.73. The molecule has 0 aromatic carbocycles. The van der Waals surface area contributed by atoms with Crippen molar-refractivity contribution in [2.24, 2.45) is 0 Å². The molecule has 0 aliphatic carbocycles. The second-order valence-corrected chi connectivity index (χ2v) is 4.73. The van der Waals surface area contributed by atoms with E-state index in [1.54, 1.807) is 0 Å². The summed E-state index contributed by atoms with van der Waals surface area (Å²) in [5.74, 6) is 0.935. The molecule has 0 spiro atoms. The molecule has 94 valence electrons. The number of pyridine rings is 1. The van der Waals surface area contributed by atoms with Gasteiger partial charge >= 0.3 is 0 Å². The number of aromatic nitrogens is 1. The first kappa shape index (κ1) is 12.3. The zero-order chi connectivity index (χ0) is 12.1. The average molecular weight is 234 g/mol. The standard InChI is InChI=1S/C13H22N4/c1-14-13-5-4-12(10-15-13)11-17-7-3-6-16(2)8-9-17/h4-5,10H,3,6-9,11H2,1-2H3,(H,14,15). The molecule has 1 aliphatic heterocycles. The first-order valence-corrected chi connectivity index (χ1v) is 6.31. The minimum atomic E-state index is 0.935. The Labute approximate surface area is 104 Å². The molecule has 2 rings (SSSR count). The predicted molar refractivity (Wildman–Crippen MR) is 71.2 cm³/mol. The third-order valence-corrected chi connectivity index (χ3v) is 3.30. The van der Waals surface area contributed by atoms with Crippen LogP contribution in [0.3, 0.4) is 0 Å². The number of nitrogens with zero attached hydrogens (tertiary/aromatic N) is 3. The van der Waals surface area contributed by atoms with Gasteiger partial charge < -0.3 is 10.2 Å². The number of hydrogen-bond acceptors (Lipinski definition) is 4. The normalized spacial score (nSPS) is 18.9. The molecular weight excluding hydrogens is 212 g/mol. The van der Waals surface area contributed by atoms with E-state index in [0.717, 1.165) is 18.9 Å². The summed E-state index contributed by atoms with van der Waals surface area (Å²) in [6, 6.07) is 4.20. The highest BCUT2D eigenvalue weighted by Crippen LogP contribution is 2.09. The zero-order valence-corrected chi connectivity index (χ0v) is 10.8. The zero-order valence-electron chi connectivity index (χ0n) is 10.8. The molecule has 1 aromatic rings. The Morgan fingerprint density at radius 1 is 1.24 bits per heavy atom. The number of hydrogen-bond donors (Lipinski definition) is 1. The Hall–Kier alpha value is -1.13. The molecule has 1 saturated heterocycles. The molecule has 0 amide bonds. The van der Waals surface area contributed by atoms with Crippen molar-refractivity contribution in [2.75, 3.05) is 45.6 Å².